The minimum absolute atomic E-state index is 0.0161. The Kier molecular flexibility index (Phi) is 4.96. The third-order valence-corrected chi connectivity index (χ3v) is 5.73. The van der Waals surface area contributed by atoms with E-state index in [-0.39, 0.29) is 29.9 Å². The summed E-state index contributed by atoms with van der Waals surface area (Å²) in [7, 11) is 0. The summed E-state index contributed by atoms with van der Waals surface area (Å²) >= 11 is 1.60. The minimum atomic E-state index is -0.315. The number of halogens is 1. The van der Waals surface area contributed by atoms with Crippen LogP contribution < -0.4 is 10.9 Å². The molecule has 0 aliphatic carbocycles. The monoisotopic (exact) mass is 412 g/mol. The van der Waals surface area contributed by atoms with Crippen LogP contribution in [0, 0.1) is 12.7 Å². The number of rotatable bonds is 5. The maximum Gasteiger partial charge on any atom is 0.291 e. The van der Waals surface area contributed by atoms with Crippen molar-refractivity contribution in [3.8, 4) is 0 Å². The number of fused-ring (bicyclic) bond motifs is 3. The Bertz CT molecular complexity index is 1270. The van der Waals surface area contributed by atoms with Gasteiger partial charge in [-0.1, -0.05) is 12.1 Å². The second-order valence-corrected chi connectivity index (χ2v) is 8.63. The van der Waals surface area contributed by atoms with Crippen molar-refractivity contribution in [2.45, 2.75) is 39.9 Å². The van der Waals surface area contributed by atoms with Gasteiger partial charge in [-0.25, -0.2) is 9.07 Å². The molecule has 0 atom stereocenters. The average Bonchev–Trinajstić information content (AvgIpc) is 3.15. The number of benzene rings is 1. The van der Waals surface area contributed by atoms with Crippen LogP contribution in [-0.2, 0) is 17.9 Å². The van der Waals surface area contributed by atoms with Crippen molar-refractivity contribution in [3.05, 3.63) is 63.1 Å². The van der Waals surface area contributed by atoms with E-state index in [9.17, 15) is 14.0 Å². The first-order chi connectivity index (χ1) is 13.8. The van der Waals surface area contributed by atoms with Crippen molar-refractivity contribution >= 4 is 38.4 Å². The number of thiophene rings is 1. The zero-order valence-corrected chi connectivity index (χ0v) is 17.2. The Morgan fingerprint density at radius 2 is 2.00 bits per heavy atom. The van der Waals surface area contributed by atoms with Crippen LogP contribution in [0.2, 0.25) is 0 Å². The largest absolute Gasteiger partial charge is 0.352 e. The molecule has 6 nitrogen and oxygen atoms in total. The molecule has 1 aromatic carbocycles. The maximum atomic E-state index is 13.3. The molecule has 0 saturated heterocycles. The summed E-state index contributed by atoms with van der Waals surface area (Å²) in [6, 6.07) is 8.26. The fraction of sp³-hybridized carbons (Fsp3) is 0.286. The van der Waals surface area contributed by atoms with E-state index in [1.54, 1.807) is 29.7 Å². The number of aromatic nitrogens is 3. The molecule has 0 spiro atoms. The quantitative estimate of drug-likeness (QED) is 0.546. The number of amides is 1. The molecule has 0 unspecified atom stereocenters. The van der Waals surface area contributed by atoms with Crippen molar-refractivity contribution in [1.29, 1.82) is 0 Å². The van der Waals surface area contributed by atoms with Crippen LogP contribution in [-0.4, -0.2) is 26.3 Å². The van der Waals surface area contributed by atoms with E-state index < -0.39 is 0 Å². The molecule has 1 amide bonds. The zero-order valence-electron chi connectivity index (χ0n) is 16.4. The van der Waals surface area contributed by atoms with Crippen LogP contribution in [0.25, 0.3) is 21.1 Å². The molecule has 3 heterocycles. The van der Waals surface area contributed by atoms with E-state index in [1.807, 2.05) is 31.4 Å². The fourth-order valence-corrected chi connectivity index (χ4v) is 4.50. The molecule has 1 N–H and O–H groups in total. The average molecular weight is 412 g/mol. The van der Waals surface area contributed by atoms with Gasteiger partial charge in [0.2, 0.25) is 5.91 Å². The molecule has 0 aliphatic rings. The normalized spacial score (nSPS) is 11.6. The fourth-order valence-electron chi connectivity index (χ4n) is 3.47. The van der Waals surface area contributed by atoms with E-state index >= 15 is 0 Å². The first-order valence-electron chi connectivity index (χ1n) is 9.35. The predicted molar refractivity (Wildman–Crippen MR) is 113 cm³/mol. The summed E-state index contributed by atoms with van der Waals surface area (Å²) in [5.74, 6) is -0.561. The molecule has 0 radical (unpaired) electrons. The lowest BCUT2D eigenvalue weighted by molar-refractivity contribution is -0.122. The van der Waals surface area contributed by atoms with Crippen molar-refractivity contribution in [2.75, 3.05) is 0 Å². The van der Waals surface area contributed by atoms with Crippen molar-refractivity contribution in [3.63, 3.8) is 0 Å². The third-order valence-electron chi connectivity index (χ3n) is 4.66. The van der Waals surface area contributed by atoms with Crippen molar-refractivity contribution < 1.29 is 9.18 Å². The molecule has 29 heavy (non-hydrogen) atoms. The number of carbonyl (C=O) groups is 1. The topological polar surface area (TPSA) is 68.9 Å². The van der Waals surface area contributed by atoms with E-state index in [0.717, 1.165) is 26.0 Å². The van der Waals surface area contributed by atoms with Gasteiger partial charge >= 0.3 is 0 Å². The van der Waals surface area contributed by atoms with Crippen LogP contribution in [0.3, 0.4) is 0 Å². The summed E-state index contributed by atoms with van der Waals surface area (Å²) in [5, 5.41) is 7.78. The third kappa shape index (κ3) is 3.67. The standard InChI is InChI=1S/C21H21FN4O2S/c1-12(2)24-18(27)11-26-21(28)19-16(9-23-26)20-17(8-13(3)29-20)25(19)10-14-4-6-15(22)7-5-14/h4-9,12H,10-11H2,1-3H3,(H,24,27). The van der Waals surface area contributed by atoms with Crippen LogP contribution in [0.4, 0.5) is 4.39 Å². The highest BCUT2D eigenvalue weighted by Crippen LogP contribution is 2.34. The van der Waals surface area contributed by atoms with Gasteiger partial charge in [0, 0.05) is 22.8 Å². The Labute approximate surface area is 170 Å². The van der Waals surface area contributed by atoms with Crippen LogP contribution in [0.1, 0.15) is 24.3 Å². The van der Waals surface area contributed by atoms with Gasteiger partial charge in [0.05, 0.1) is 16.4 Å². The van der Waals surface area contributed by atoms with Crippen LogP contribution in [0.5, 0.6) is 0 Å². The summed E-state index contributed by atoms with van der Waals surface area (Å²) in [5.41, 5.74) is 2.01. The Morgan fingerprint density at radius 3 is 2.69 bits per heavy atom. The van der Waals surface area contributed by atoms with Gasteiger partial charge in [-0.2, -0.15) is 5.10 Å². The molecule has 150 valence electrons. The number of hydrogen-bond donors (Lipinski definition) is 1. The molecule has 8 heteroatoms. The lowest BCUT2D eigenvalue weighted by atomic mass is 10.2. The van der Waals surface area contributed by atoms with Gasteiger partial charge in [0.1, 0.15) is 17.9 Å². The second kappa shape index (κ2) is 7.44. The van der Waals surface area contributed by atoms with Crippen LogP contribution in [0.15, 0.2) is 41.3 Å². The van der Waals surface area contributed by atoms with Crippen molar-refractivity contribution in [2.24, 2.45) is 0 Å². The Balaban J connectivity index is 1.86. The summed E-state index contributed by atoms with van der Waals surface area (Å²) < 4.78 is 17.4. The lowest BCUT2D eigenvalue weighted by Crippen LogP contribution is -2.37. The number of hydrogen-bond acceptors (Lipinski definition) is 4. The van der Waals surface area contributed by atoms with Gasteiger partial charge in [0.25, 0.3) is 5.56 Å². The summed E-state index contributed by atoms with van der Waals surface area (Å²) in [6.45, 7) is 6.03. The second-order valence-electron chi connectivity index (χ2n) is 7.38. The zero-order chi connectivity index (χ0) is 20.7. The Morgan fingerprint density at radius 1 is 1.28 bits per heavy atom. The number of nitrogens with zero attached hydrogens (tertiary/aromatic N) is 3. The molecule has 3 aromatic heterocycles. The molecule has 4 aromatic rings. The maximum absolute atomic E-state index is 13.3. The highest BCUT2D eigenvalue weighted by Gasteiger charge is 2.19. The molecular weight excluding hydrogens is 391 g/mol. The SMILES string of the molecule is Cc1cc2c(s1)c1cnn(CC(=O)NC(C)C)c(=O)c1n2Cc1ccc(F)cc1. The van der Waals surface area contributed by atoms with Gasteiger partial charge in [-0.15, -0.1) is 11.3 Å². The molecule has 0 aliphatic heterocycles. The van der Waals surface area contributed by atoms with E-state index in [1.165, 1.54) is 16.8 Å². The van der Waals surface area contributed by atoms with E-state index in [2.05, 4.69) is 10.4 Å². The van der Waals surface area contributed by atoms with Gasteiger partial charge in [-0.05, 0) is 44.5 Å². The summed E-state index contributed by atoms with van der Waals surface area (Å²) in [4.78, 5) is 26.5. The number of aryl methyl sites for hydroxylation is 1. The van der Waals surface area contributed by atoms with Crippen LogP contribution >= 0.6 is 11.3 Å². The number of nitrogens with one attached hydrogen (secondary N) is 1. The summed E-state index contributed by atoms with van der Waals surface area (Å²) in [6.07, 6.45) is 1.65. The predicted octanol–water partition coefficient (Wildman–Crippen LogP) is 3.43. The lowest BCUT2D eigenvalue weighted by Gasteiger charge is -2.10. The van der Waals surface area contributed by atoms with E-state index in [4.69, 9.17) is 0 Å². The molecular formula is C21H21FN4O2S. The molecule has 0 saturated carbocycles. The highest BCUT2D eigenvalue weighted by atomic mass is 32.1. The first kappa shape index (κ1) is 19.3. The van der Waals surface area contributed by atoms with Gasteiger partial charge in [0.15, 0.2) is 0 Å². The smallest absolute Gasteiger partial charge is 0.291 e. The minimum Gasteiger partial charge on any atom is -0.352 e. The first-order valence-corrected chi connectivity index (χ1v) is 10.2. The molecule has 0 bridgehead atoms. The molecule has 0 fully saturated rings. The molecule has 4 rings (SSSR count). The van der Waals surface area contributed by atoms with Crippen molar-refractivity contribution in [1.82, 2.24) is 19.7 Å². The van der Waals surface area contributed by atoms with Gasteiger partial charge < -0.3 is 9.88 Å². The van der Waals surface area contributed by atoms with E-state index in [0.29, 0.717) is 12.1 Å². The highest BCUT2D eigenvalue weighted by molar-refractivity contribution is 7.20. The van der Waals surface area contributed by atoms with Gasteiger partial charge in [-0.3, -0.25) is 9.59 Å². The number of carbonyl (C=O) groups excluding carboxylic acids is 1. The Hall–Kier alpha value is -3.00.